The van der Waals surface area contributed by atoms with E-state index in [0.29, 0.717) is 23.7 Å². The lowest BCUT2D eigenvalue weighted by Crippen LogP contribution is -2.35. The number of carbonyl (C=O) groups excluding carboxylic acids is 1. The standard InChI is InChI=1S/C16H25N3O2/c1-3-5-12-6-8-19(9-7-12)15-14(16(20)21-4-2)10-13(17)11-18-15/h10-12H,3-9,17H2,1-2H3. The van der Waals surface area contributed by atoms with Gasteiger partial charge < -0.3 is 15.4 Å². The number of pyridine rings is 1. The van der Waals surface area contributed by atoms with E-state index in [4.69, 9.17) is 10.5 Å². The van der Waals surface area contributed by atoms with Crippen LogP contribution in [0.25, 0.3) is 0 Å². The van der Waals surface area contributed by atoms with Crippen LogP contribution >= 0.6 is 0 Å². The van der Waals surface area contributed by atoms with Gasteiger partial charge in [-0.05, 0) is 31.7 Å². The van der Waals surface area contributed by atoms with E-state index in [1.807, 2.05) is 0 Å². The highest BCUT2D eigenvalue weighted by atomic mass is 16.5. The average Bonchev–Trinajstić information content (AvgIpc) is 2.49. The van der Waals surface area contributed by atoms with Gasteiger partial charge in [0.05, 0.1) is 18.5 Å². The predicted octanol–water partition coefficient (Wildman–Crippen LogP) is 2.86. The molecule has 0 radical (unpaired) electrons. The summed E-state index contributed by atoms with van der Waals surface area (Å²) in [5.74, 6) is 1.16. The molecule has 21 heavy (non-hydrogen) atoms. The zero-order valence-corrected chi connectivity index (χ0v) is 13.0. The first-order valence-corrected chi connectivity index (χ1v) is 7.83. The third-order valence-corrected chi connectivity index (χ3v) is 3.99. The molecule has 116 valence electrons. The summed E-state index contributed by atoms with van der Waals surface area (Å²) < 4.78 is 5.11. The van der Waals surface area contributed by atoms with Crippen LogP contribution in [0.15, 0.2) is 12.3 Å². The molecule has 0 spiro atoms. The zero-order chi connectivity index (χ0) is 15.2. The fraction of sp³-hybridized carbons (Fsp3) is 0.625. The summed E-state index contributed by atoms with van der Waals surface area (Å²) in [6.45, 7) is 6.26. The van der Waals surface area contributed by atoms with Crippen molar-refractivity contribution in [3.8, 4) is 0 Å². The molecule has 1 aliphatic rings. The molecule has 0 atom stereocenters. The fourth-order valence-corrected chi connectivity index (χ4v) is 2.93. The first kappa shape index (κ1) is 15.6. The molecule has 2 rings (SSSR count). The summed E-state index contributed by atoms with van der Waals surface area (Å²) in [5.41, 5.74) is 6.73. The molecular formula is C16H25N3O2. The van der Waals surface area contributed by atoms with Crippen LogP contribution in [0.5, 0.6) is 0 Å². The van der Waals surface area contributed by atoms with E-state index in [1.54, 1.807) is 19.2 Å². The molecule has 0 unspecified atom stereocenters. The van der Waals surface area contributed by atoms with Crippen LogP contribution in [-0.2, 0) is 4.74 Å². The monoisotopic (exact) mass is 291 g/mol. The highest BCUT2D eigenvalue weighted by Crippen LogP contribution is 2.28. The number of esters is 1. The Bertz CT molecular complexity index is 482. The van der Waals surface area contributed by atoms with Gasteiger partial charge in [-0.3, -0.25) is 0 Å². The van der Waals surface area contributed by atoms with Crippen molar-refractivity contribution in [2.45, 2.75) is 39.5 Å². The van der Waals surface area contributed by atoms with Crippen LogP contribution in [0.3, 0.4) is 0 Å². The molecule has 2 N–H and O–H groups in total. The molecule has 1 aromatic heterocycles. The van der Waals surface area contributed by atoms with Gasteiger partial charge in [0.15, 0.2) is 0 Å². The van der Waals surface area contributed by atoms with Crippen molar-refractivity contribution in [1.82, 2.24) is 4.98 Å². The number of nitrogen functional groups attached to an aromatic ring is 1. The molecule has 0 amide bonds. The van der Waals surface area contributed by atoms with Gasteiger partial charge in [-0.1, -0.05) is 19.8 Å². The van der Waals surface area contributed by atoms with Crippen molar-refractivity contribution in [3.05, 3.63) is 17.8 Å². The summed E-state index contributed by atoms with van der Waals surface area (Å²) in [5, 5.41) is 0. The van der Waals surface area contributed by atoms with Crippen molar-refractivity contribution >= 4 is 17.5 Å². The minimum absolute atomic E-state index is 0.344. The number of carbonyl (C=O) groups is 1. The third-order valence-electron chi connectivity index (χ3n) is 3.99. The maximum absolute atomic E-state index is 12.1. The first-order valence-electron chi connectivity index (χ1n) is 7.83. The Balaban J connectivity index is 2.14. The summed E-state index contributed by atoms with van der Waals surface area (Å²) in [6.07, 6.45) is 6.44. The zero-order valence-electron chi connectivity index (χ0n) is 13.0. The Labute approximate surface area is 126 Å². The van der Waals surface area contributed by atoms with Gasteiger partial charge in [0.25, 0.3) is 0 Å². The van der Waals surface area contributed by atoms with Crippen LogP contribution in [0.1, 0.15) is 49.9 Å². The summed E-state index contributed by atoms with van der Waals surface area (Å²) >= 11 is 0. The number of nitrogens with zero attached hydrogens (tertiary/aromatic N) is 2. The van der Waals surface area contributed by atoms with Gasteiger partial charge in [0.2, 0.25) is 0 Å². The molecule has 0 bridgehead atoms. The lowest BCUT2D eigenvalue weighted by molar-refractivity contribution is 0.0526. The number of hydrogen-bond donors (Lipinski definition) is 1. The van der Waals surface area contributed by atoms with E-state index < -0.39 is 0 Å². The molecule has 1 aromatic rings. The van der Waals surface area contributed by atoms with Crippen LogP contribution in [-0.4, -0.2) is 30.6 Å². The lowest BCUT2D eigenvalue weighted by Gasteiger charge is -2.33. The van der Waals surface area contributed by atoms with Crippen LogP contribution in [0, 0.1) is 5.92 Å². The van der Waals surface area contributed by atoms with E-state index in [2.05, 4.69) is 16.8 Å². The Morgan fingerprint density at radius 1 is 1.43 bits per heavy atom. The van der Waals surface area contributed by atoms with Crippen molar-refractivity contribution in [3.63, 3.8) is 0 Å². The normalized spacial score (nSPS) is 16.0. The number of nitrogens with two attached hydrogens (primary N) is 1. The highest BCUT2D eigenvalue weighted by molar-refractivity contribution is 5.95. The Morgan fingerprint density at radius 2 is 2.14 bits per heavy atom. The summed E-state index contributed by atoms with van der Waals surface area (Å²) in [7, 11) is 0. The van der Waals surface area contributed by atoms with Gasteiger partial charge in [0, 0.05) is 13.1 Å². The minimum Gasteiger partial charge on any atom is -0.462 e. The second-order valence-corrected chi connectivity index (χ2v) is 5.58. The van der Waals surface area contributed by atoms with Crippen molar-refractivity contribution < 1.29 is 9.53 Å². The van der Waals surface area contributed by atoms with Gasteiger partial charge in [-0.15, -0.1) is 0 Å². The molecule has 1 aliphatic heterocycles. The molecule has 0 aromatic carbocycles. The van der Waals surface area contributed by atoms with Gasteiger partial charge >= 0.3 is 5.97 Å². The number of hydrogen-bond acceptors (Lipinski definition) is 5. The lowest BCUT2D eigenvalue weighted by atomic mass is 9.92. The number of anilines is 2. The van der Waals surface area contributed by atoms with Crippen molar-refractivity contribution in [2.75, 3.05) is 30.3 Å². The van der Waals surface area contributed by atoms with Gasteiger partial charge in [0.1, 0.15) is 11.4 Å². The Morgan fingerprint density at radius 3 is 2.76 bits per heavy atom. The van der Waals surface area contributed by atoms with E-state index >= 15 is 0 Å². The molecule has 0 aliphatic carbocycles. The Hall–Kier alpha value is -1.78. The maximum atomic E-state index is 12.1. The largest absolute Gasteiger partial charge is 0.462 e. The third kappa shape index (κ3) is 3.86. The minimum atomic E-state index is -0.344. The molecule has 1 fully saturated rings. The van der Waals surface area contributed by atoms with Gasteiger partial charge in [-0.2, -0.15) is 0 Å². The predicted molar refractivity (Wildman–Crippen MR) is 84.5 cm³/mol. The molecule has 1 saturated heterocycles. The van der Waals surface area contributed by atoms with Crippen molar-refractivity contribution in [2.24, 2.45) is 5.92 Å². The summed E-state index contributed by atoms with van der Waals surface area (Å²) in [6, 6.07) is 1.67. The molecule has 5 heteroatoms. The molecule has 0 saturated carbocycles. The van der Waals surface area contributed by atoms with E-state index in [1.165, 1.54) is 12.8 Å². The maximum Gasteiger partial charge on any atom is 0.341 e. The smallest absolute Gasteiger partial charge is 0.341 e. The highest BCUT2D eigenvalue weighted by Gasteiger charge is 2.24. The molecule has 5 nitrogen and oxygen atoms in total. The SMILES string of the molecule is CCCC1CCN(c2ncc(N)cc2C(=O)OCC)CC1. The number of aromatic nitrogens is 1. The van der Waals surface area contributed by atoms with Gasteiger partial charge in [-0.25, -0.2) is 9.78 Å². The number of ether oxygens (including phenoxy) is 1. The van der Waals surface area contributed by atoms with E-state index in [-0.39, 0.29) is 5.97 Å². The average molecular weight is 291 g/mol. The second-order valence-electron chi connectivity index (χ2n) is 5.58. The quantitative estimate of drug-likeness (QED) is 0.845. The number of rotatable bonds is 5. The van der Waals surface area contributed by atoms with E-state index in [9.17, 15) is 4.79 Å². The summed E-state index contributed by atoms with van der Waals surface area (Å²) in [4.78, 5) is 18.6. The Kier molecular flexibility index (Phi) is 5.42. The topological polar surface area (TPSA) is 68.5 Å². The molecular weight excluding hydrogens is 266 g/mol. The van der Waals surface area contributed by atoms with Crippen LogP contribution in [0.4, 0.5) is 11.5 Å². The van der Waals surface area contributed by atoms with E-state index in [0.717, 1.165) is 31.8 Å². The molecule has 2 heterocycles. The van der Waals surface area contributed by atoms with Crippen LogP contribution < -0.4 is 10.6 Å². The van der Waals surface area contributed by atoms with Crippen molar-refractivity contribution in [1.29, 1.82) is 0 Å². The first-order chi connectivity index (χ1) is 10.2. The fourth-order valence-electron chi connectivity index (χ4n) is 2.93. The second kappa shape index (κ2) is 7.29. The number of piperidine rings is 1. The van der Waals surface area contributed by atoms with Crippen LogP contribution in [0.2, 0.25) is 0 Å².